The zero-order valence-electron chi connectivity index (χ0n) is 17.7. The number of halogens is 1. The van der Waals surface area contributed by atoms with Crippen molar-refractivity contribution in [3.8, 4) is 34.1 Å². The first-order valence-corrected chi connectivity index (χ1v) is 10.4. The molecule has 1 aromatic heterocycles. The van der Waals surface area contributed by atoms with Gasteiger partial charge in [-0.1, -0.05) is 18.2 Å². The second-order valence-electron chi connectivity index (χ2n) is 7.42. The molecule has 0 radical (unpaired) electrons. The molecule has 1 aliphatic rings. The molecule has 5 rings (SSSR count). The maximum Gasteiger partial charge on any atom is 0.267 e. The van der Waals surface area contributed by atoms with Crippen molar-refractivity contribution in [2.24, 2.45) is 0 Å². The van der Waals surface area contributed by atoms with Gasteiger partial charge in [0.1, 0.15) is 29.1 Å². The lowest BCUT2D eigenvalue weighted by Crippen LogP contribution is -3.00. The summed E-state index contributed by atoms with van der Waals surface area (Å²) in [5, 5.41) is 0. The fourth-order valence-corrected chi connectivity index (χ4v) is 4.25. The molecule has 5 heteroatoms. The Morgan fingerprint density at radius 2 is 1.58 bits per heavy atom. The van der Waals surface area contributed by atoms with E-state index in [1.807, 2.05) is 31.2 Å². The minimum atomic E-state index is 0. The summed E-state index contributed by atoms with van der Waals surface area (Å²) in [6.07, 6.45) is 4.27. The second-order valence-corrected chi connectivity index (χ2v) is 7.42. The van der Waals surface area contributed by atoms with Crippen molar-refractivity contribution in [3.05, 3.63) is 90.4 Å². The highest BCUT2D eigenvalue weighted by molar-refractivity contribution is 5.59. The van der Waals surface area contributed by atoms with Crippen LogP contribution in [0.15, 0.2) is 79.0 Å². The predicted octanol–water partition coefficient (Wildman–Crippen LogP) is 1.93. The van der Waals surface area contributed by atoms with Gasteiger partial charge in [-0.05, 0) is 73.5 Å². The Bertz CT molecular complexity index is 1180. The van der Waals surface area contributed by atoms with Gasteiger partial charge in [-0.15, -0.1) is 0 Å². The molecule has 31 heavy (non-hydrogen) atoms. The Morgan fingerprint density at radius 3 is 2.29 bits per heavy atom. The molecule has 0 bridgehead atoms. The monoisotopic (exact) mass is 476 g/mol. The molecule has 1 aliphatic heterocycles. The van der Waals surface area contributed by atoms with Crippen LogP contribution in [0.3, 0.4) is 0 Å². The van der Waals surface area contributed by atoms with Gasteiger partial charge in [-0.25, -0.2) is 0 Å². The number of hydrogen-bond acceptors (Lipinski definition) is 2. The predicted molar refractivity (Wildman–Crippen MR) is 118 cm³/mol. The molecule has 0 unspecified atom stereocenters. The molecule has 0 fully saturated rings. The number of ether oxygens (including phenoxy) is 2. The Morgan fingerprint density at radius 1 is 0.871 bits per heavy atom. The standard InChI is InChI=1S/C26H25N2O2.BrH/c1-3-30-23-13-8-20(9-14-23)25-18-27(21-11-15-22(29-2)16-12-21)26-17-10-19-6-4-5-7-24(19)28(25)26;/h4-9,11-16,18H,3,10,17H2,1-2H3;1H/q+1;/p-1. The van der Waals surface area contributed by atoms with E-state index in [4.69, 9.17) is 9.47 Å². The number of aryl methyl sites for hydroxylation is 1. The minimum Gasteiger partial charge on any atom is -1.00 e. The zero-order valence-corrected chi connectivity index (χ0v) is 19.3. The number of nitrogens with zero attached hydrogens (tertiary/aromatic N) is 2. The van der Waals surface area contributed by atoms with Crippen LogP contribution in [-0.2, 0) is 12.8 Å². The van der Waals surface area contributed by atoms with E-state index in [1.165, 1.54) is 28.3 Å². The molecular formula is C26H25BrN2O2. The van der Waals surface area contributed by atoms with Crippen LogP contribution in [0.2, 0.25) is 0 Å². The van der Waals surface area contributed by atoms with Crippen LogP contribution < -0.4 is 31.0 Å². The number of rotatable bonds is 5. The SMILES string of the molecule is CCOc1ccc(-c2cn(-c3ccc(OC)cc3)c3[n+]2-c2ccccc2CC3)cc1.[Br-]. The van der Waals surface area contributed by atoms with E-state index >= 15 is 0 Å². The van der Waals surface area contributed by atoms with E-state index in [0.29, 0.717) is 6.61 Å². The Balaban J connectivity index is 0.00000231. The lowest BCUT2D eigenvalue weighted by molar-refractivity contribution is -0.595. The maximum absolute atomic E-state index is 5.64. The molecule has 2 heterocycles. The van der Waals surface area contributed by atoms with Crippen molar-refractivity contribution in [1.82, 2.24) is 4.57 Å². The quantitative estimate of drug-likeness (QED) is 0.411. The number of para-hydroxylation sites is 1. The highest BCUT2D eigenvalue weighted by Gasteiger charge is 2.31. The highest BCUT2D eigenvalue weighted by atomic mass is 79.9. The number of benzene rings is 3. The van der Waals surface area contributed by atoms with Gasteiger partial charge in [0.25, 0.3) is 5.82 Å². The second kappa shape index (κ2) is 8.98. The molecule has 4 nitrogen and oxygen atoms in total. The largest absolute Gasteiger partial charge is 1.00 e. The van der Waals surface area contributed by atoms with Gasteiger partial charge < -0.3 is 26.5 Å². The molecule has 0 aliphatic carbocycles. The van der Waals surface area contributed by atoms with Crippen LogP contribution in [0, 0.1) is 0 Å². The van der Waals surface area contributed by atoms with Crippen LogP contribution in [-0.4, -0.2) is 18.3 Å². The van der Waals surface area contributed by atoms with Crippen LogP contribution >= 0.6 is 0 Å². The molecule has 3 aromatic carbocycles. The molecule has 0 N–H and O–H groups in total. The summed E-state index contributed by atoms with van der Waals surface area (Å²) in [6, 6.07) is 25.3. The molecule has 158 valence electrons. The molecule has 4 aromatic rings. The van der Waals surface area contributed by atoms with Gasteiger partial charge in [-0.3, -0.25) is 0 Å². The summed E-state index contributed by atoms with van der Waals surface area (Å²) in [5.41, 5.74) is 6.13. The third-order valence-electron chi connectivity index (χ3n) is 5.69. The molecular weight excluding hydrogens is 452 g/mol. The Kier molecular flexibility index (Phi) is 6.14. The average molecular weight is 477 g/mol. The first kappa shape index (κ1) is 21.2. The molecule has 0 saturated carbocycles. The lowest BCUT2D eigenvalue weighted by Gasteiger charge is -2.15. The van der Waals surface area contributed by atoms with Crippen molar-refractivity contribution in [2.45, 2.75) is 19.8 Å². The van der Waals surface area contributed by atoms with Crippen molar-refractivity contribution in [2.75, 3.05) is 13.7 Å². The van der Waals surface area contributed by atoms with Gasteiger partial charge in [0.2, 0.25) is 0 Å². The van der Waals surface area contributed by atoms with Crippen molar-refractivity contribution < 1.29 is 31.0 Å². The van der Waals surface area contributed by atoms with Gasteiger partial charge >= 0.3 is 0 Å². The fourth-order valence-electron chi connectivity index (χ4n) is 4.25. The molecule has 0 amide bonds. The Hall–Kier alpha value is -3.05. The van der Waals surface area contributed by atoms with E-state index in [1.54, 1.807) is 7.11 Å². The smallest absolute Gasteiger partial charge is 0.267 e. The third kappa shape index (κ3) is 3.86. The van der Waals surface area contributed by atoms with Gasteiger partial charge in [0, 0.05) is 5.56 Å². The number of imidazole rings is 1. The summed E-state index contributed by atoms with van der Waals surface area (Å²) < 4.78 is 15.7. The van der Waals surface area contributed by atoms with Crippen molar-refractivity contribution in [1.29, 1.82) is 0 Å². The summed E-state index contributed by atoms with van der Waals surface area (Å²) in [6.45, 7) is 2.68. The number of fused-ring (bicyclic) bond motifs is 3. The van der Waals surface area contributed by atoms with Crippen LogP contribution in [0.1, 0.15) is 18.3 Å². The minimum absolute atomic E-state index is 0. The topological polar surface area (TPSA) is 27.3 Å². The first-order chi connectivity index (χ1) is 14.8. The maximum atomic E-state index is 5.64. The molecule has 0 spiro atoms. The van der Waals surface area contributed by atoms with Gasteiger partial charge in [0.05, 0.1) is 20.1 Å². The van der Waals surface area contributed by atoms with Crippen molar-refractivity contribution in [3.63, 3.8) is 0 Å². The number of aromatic nitrogens is 2. The van der Waals surface area contributed by atoms with E-state index in [0.717, 1.165) is 30.0 Å². The summed E-state index contributed by atoms with van der Waals surface area (Å²) in [5.74, 6) is 3.04. The third-order valence-corrected chi connectivity index (χ3v) is 5.69. The number of hydrogen-bond donors (Lipinski definition) is 0. The summed E-state index contributed by atoms with van der Waals surface area (Å²) in [7, 11) is 1.70. The van der Waals surface area contributed by atoms with Gasteiger partial charge in [-0.2, -0.15) is 9.13 Å². The van der Waals surface area contributed by atoms with E-state index < -0.39 is 0 Å². The first-order valence-electron chi connectivity index (χ1n) is 10.4. The van der Waals surface area contributed by atoms with E-state index in [2.05, 4.69) is 63.9 Å². The van der Waals surface area contributed by atoms with E-state index in [9.17, 15) is 0 Å². The normalized spacial score (nSPS) is 11.8. The highest BCUT2D eigenvalue weighted by Crippen LogP contribution is 2.29. The van der Waals surface area contributed by atoms with Crippen LogP contribution in [0.4, 0.5) is 0 Å². The fraction of sp³-hybridized carbons (Fsp3) is 0.192. The zero-order chi connectivity index (χ0) is 20.5. The lowest BCUT2D eigenvalue weighted by atomic mass is 10.0. The van der Waals surface area contributed by atoms with Gasteiger partial charge in [0.15, 0.2) is 5.69 Å². The average Bonchev–Trinajstić information content (AvgIpc) is 3.20. The van der Waals surface area contributed by atoms with Crippen molar-refractivity contribution >= 4 is 0 Å². The molecule has 0 atom stereocenters. The summed E-state index contributed by atoms with van der Waals surface area (Å²) >= 11 is 0. The van der Waals surface area contributed by atoms with Crippen LogP contribution in [0.5, 0.6) is 11.5 Å². The van der Waals surface area contributed by atoms with E-state index in [-0.39, 0.29) is 17.0 Å². The number of methoxy groups -OCH3 is 1. The Labute approximate surface area is 193 Å². The molecule has 0 saturated heterocycles. The van der Waals surface area contributed by atoms with Crippen LogP contribution in [0.25, 0.3) is 22.6 Å². The summed E-state index contributed by atoms with van der Waals surface area (Å²) in [4.78, 5) is 0.